The number of amidine groups is 1. The molecule has 0 spiro atoms. The van der Waals surface area contributed by atoms with Crippen molar-refractivity contribution < 1.29 is 4.92 Å². The number of nitro groups is 1. The molecule has 0 aliphatic rings. The Kier molecular flexibility index (Phi) is 7.62. The SMILES string of the molecule is CC#CN=C(C[N+](=O)[O-])NCCSCc1nccs1. The third kappa shape index (κ3) is 7.43. The Morgan fingerprint density at radius 3 is 3.21 bits per heavy atom. The Morgan fingerprint density at radius 1 is 1.74 bits per heavy atom. The van der Waals surface area contributed by atoms with Crippen LogP contribution >= 0.6 is 23.1 Å². The molecule has 0 saturated carbocycles. The maximum Gasteiger partial charge on any atom is 0.261 e. The summed E-state index contributed by atoms with van der Waals surface area (Å²) in [5.41, 5.74) is 0. The van der Waals surface area contributed by atoms with Crippen molar-refractivity contribution in [1.29, 1.82) is 0 Å². The summed E-state index contributed by atoms with van der Waals surface area (Å²) in [7, 11) is 0. The van der Waals surface area contributed by atoms with Gasteiger partial charge in [0.05, 0.1) is 0 Å². The van der Waals surface area contributed by atoms with E-state index in [0.717, 1.165) is 16.5 Å². The second kappa shape index (κ2) is 9.35. The molecule has 0 saturated heterocycles. The molecule has 1 aromatic heterocycles. The van der Waals surface area contributed by atoms with Gasteiger partial charge < -0.3 is 5.32 Å². The fraction of sp³-hybridized carbons (Fsp3) is 0.455. The number of nitrogens with zero attached hydrogens (tertiary/aromatic N) is 3. The topological polar surface area (TPSA) is 80.4 Å². The first kappa shape index (κ1) is 15.5. The second-order valence-electron chi connectivity index (χ2n) is 3.32. The van der Waals surface area contributed by atoms with E-state index >= 15 is 0 Å². The minimum Gasteiger partial charge on any atom is -0.367 e. The lowest BCUT2D eigenvalue weighted by Gasteiger charge is -2.04. The zero-order valence-corrected chi connectivity index (χ0v) is 12.1. The first-order valence-corrected chi connectivity index (χ1v) is 7.56. The molecule has 1 rings (SSSR count). The van der Waals surface area contributed by atoms with Crippen molar-refractivity contribution in [3.8, 4) is 12.0 Å². The molecule has 0 atom stereocenters. The molecule has 8 heteroatoms. The average molecular weight is 298 g/mol. The minimum atomic E-state index is -0.425. The number of thioether (sulfide) groups is 1. The Morgan fingerprint density at radius 2 is 2.58 bits per heavy atom. The van der Waals surface area contributed by atoms with E-state index in [-0.39, 0.29) is 6.54 Å². The third-order valence-electron chi connectivity index (χ3n) is 1.87. The van der Waals surface area contributed by atoms with Crippen LogP contribution in [0.3, 0.4) is 0 Å². The standard InChI is InChI=1S/C11H14N4O2S2/c1-2-3-12-10(8-15(16)17)13-4-6-18-9-11-14-5-7-19-11/h5,7H,4,6,8-9H2,1H3,(H,12,13). The van der Waals surface area contributed by atoms with Gasteiger partial charge in [-0.3, -0.25) is 10.1 Å². The zero-order chi connectivity index (χ0) is 13.9. The van der Waals surface area contributed by atoms with Crippen molar-refractivity contribution in [2.75, 3.05) is 18.8 Å². The molecule has 0 aliphatic carbocycles. The highest BCUT2D eigenvalue weighted by Gasteiger charge is 2.06. The van der Waals surface area contributed by atoms with E-state index < -0.39 is 4.92 Å². The molecule has 102 valence electrons. The molecular weight excluding hydrogens is 284 g/mol. The van der Waals surface area contributed by atoms with Crippen LogP contribution < -0.4 is 5.32 Å². The summed E-state index contributed by atoms with van der Waals surface area (Å²) in [5, 5.41) is 16.4. The van der Waals surface area contributed by atoms with Crippen molar-refractivity contribution in [3.05, 3.63) is 26.7 Å². The Balaban J connectivity index is 2.23. The summed E-state index contributed by atoms with van der Waals surface area (Å²) in [4.78, 5) is 18.0. The highest BCUT2D eigenvalue weighted by molar-refractivity contribution is 7.98. The normalized spacial score (nSPS) is 10.7. The Labute approximate surface area is 119 Å². The van der Waals surface area contributed by atoms with Crippen molar-refractivity contribution >= 4 is 28.9 Å². The van der Waals surface area contributed by atoms with Crippen LogP contribution in [-0.2, 0) is 5.75 Å². The lowest BCUT2D eigenvalue weighted by Crippen LogP contribution is -2.31. The van der Waals surface area contributed by atoms with Gasteiger partial charge in [-0.25, -0.2) is 4.98 Å². The predicted molar refractivity (Wildman–Crippen MR) is 79.0 cm³/mol. The molecule has 0 unspecified atom stereocenters. The van der Waals surface area contributed by atoms with Crippen molar-refractivity contribution in [2.24, 2.45) is 4.99 Å². The lowest BCUT2D eigenvalue weighted by atomic mass is 10.5. The van der Waals surface area contributed by atoms with Gasteiger partial charge in [0.25, 0.3) is 6.54 Å². The number of nitrogens with one attached hydrogen (secondary N) is 1. The van der Waals surface area contributed by atoms with Crippen molar-refractivity contribution in [1.82, 2.24) is 10.3 Å². The van der Waals surface area contributed by atoms with Crippen LogP contribution in [0.5, 0.6) is 0 Å². The van der Waals surface area contributed by atoms with Gasteiger partial charge in [0, 0.05) is 40.6 Å². The monoisotopic (exact) mass is 298 g/mol. The van der Waals surface area contributed by atoms with Crippen LogP contribution in [0.4, 0.5) is 0 Å². The molecule has 1 N–H and O–H groups in total. The number of rotatable bonds is 7. The Hall–Kier alpha value is -1.59. The molecule has 1 heterocycles. The van der Waals surface area contributed by atoms with Crippen LogP contribution in [0, 0.1) is 22.1 Å². The maximum atomic E-state index is 10.4. The smallest absolute Gasteiger partial charge is 0.261 e. The molecule has 0 fully saturated rings. The van der Waals surface area contributed by atoms with Gasteiger partial charge in [-0.05, 0) is 6.92 Å². The van der Waals surface area contributed by atoms with E-state index in [2.05, 4.69) is 27.3 Å². The largest absolute Gasteiger partial charge is 0.367 e. The van der Waals surface area contributed by atoms with E-state index in [1.54, 1.807) is 36.2 Å². The highest BCUT2D eigenvalue weighted by Crippen LogP contribution is 2.13. The van der Waals surface area contributed by atoms with E-state index in [1.807, 2.05) is 5.38 Å². The number of hydrogen-bond donors (Lipinski definition) is 1. The van der Waals surface area contributed by atoms with Gasteiger partial charge in [0.2, 0.25) is 0 Å². The quantitative estimate of drug-likeness (QED) is 0.207. The third-order valence-corrected chi connectivity index (χ3v) is 3.80. The lowest BCUT2D eigenvalue weighted by molar-refractivity contribution is -0.463. The highest BCUT2D eigenvalue weighted by atomic mass is 32.2. The van der Waals surface area contributed by atoms with Crippen LogP contribution in [0.2, 0.25) is 0 Å². The predicted octanol–water partition coefficient (Wildman–Crippen LogP) is 1.62. The van der Waals surface area contributed by atoms with Crippen LogP contribution in [0.25, 0.3) is 0 Å². The van der Waals surface area contributed by atoms with Crippen LogP contribution in [0.1, 0.15) is 11.9 Å². The van der Waals surface area contributed by atoms with Crippen molar-refractivity contribution in [3.63, 3.8) is 0 Å². The molecule has 19 heavy (non-hydrogen) atoms. The van der Waals surface area contributed by atoms with Gasteiger partial charge in [-0.15, -0.1) is 11.3 Å². The number of aromatic nitrogens is 1. The summed E-state index contributed by atoms with van der Waals surface area (Å²) < 4.78 is 0. The first-order chi connectivity index (χ1) is 9.22. The Bertz CT molecular complexity index is 477. The van der Waals surface area contributed by atoms with E-state index in [4.69, 9.17) is 0 Å². The summed E-state index contributed by atoms with van der Waals surface area (Å²) in [6.45, 7) is 1.93. The molecule has 1 aromatic rings. The molecule has 0 aliphatic heterocycles. The van der Waals surface area contributed by atoms with Gasteiger partial charge >= 0.3 is 0 Å². The average Bonchev–Trinajstić information content (AvgIpc) is 2.87. The molecule has 0 radical (unpaired) electrons. The summed E-state index contributed by atoms with van der Waals surface area (Å²) in [6, 6.07) is 2.47. The second-order valence-corrected chi connectivity index (χ2v) is 5.40. The number of thiazole rings is 1. The van der Waals surface area contributed by atoms with E-state index in [0.29, 0.717) is 12.4 Å². The van der Waals surface area contributed by atoms with E-state index in [9.17, 15) is 10.1 Å². The zero-order valence-electron chi connectivity index (χ0n) is 10.5. The molecule has 0 bridgehead atoms. The van der Waals surface area contributed by atoms with Gasteiger partial charge in [0.15, 0.2) is 5.84 Å². The number of hydrogen-bond acceptors (Lipinski definition) is 6. The molecule has 0 amide bonds. The summed E-state index contributed by atoms with van der Waals surface area (Å²) in [6.07, 6.45) is 1.78. The van der Waals surface area contributed by atoms with Gasteiger partial charge in [0.1, 0.15) is 5.01 Å². The fourth-order valence-corrected chi connectivity index (χ4v) is 2.69. The maximum absolute atomic E-state index is 10.4. The fourth-order valence-electron chi connectivity index (χ4n) is 1.13. The summed E-state index contributed by atoms with van der Waals surface area (Å²) in [5.74, 6) is 4.57. The van der Waals surface area contributed by atoms with Gasteiger partial charge in [-0.2, -0.15) is 16.8 Å². The minimum absolute atomic E-state index is 0.300. The molecule has 0 aromatic carbocycles. The molecular formula is C11H14N4O2S2. The van der Waals surface area contributed by atoms with Crippen LogP contribution in [-0.4, -0.2) is 34.6 Å². The van der Waals surface area contributed by atoms with Crippen LogP contribution in [0.15, 0.2) is 16.6 Å². The summed E-state index contributed by atoms with van der Waals surface area (Å²) >= 11 is 3.34. The first-order valence-electron chi connectivity index (χ1n) is 5.52. The van der Waals surface area contributed by atoms with Gasteiger partial charge in [-0.1, -0.05) is 5.92 Å². The number of aliphatic imine (C=N–C) groups is 1. The van der Waals surface area contributed by atoms with E-state index in [1.165, 1.54) is 0 Å². The molecule has 6 nitrogen and oxygen atoms in total. The van der Waals surface area contributed by atoms with Crippen molar-refractivity contribution in [2.45, 2.75) is 12.7 Å².